The highest BCUT2D eigenvalue weighted by Gasteiger charge is 2.15. The van der Waals surface area contributed by atoms with Crippen LogP contribution in [-0.4, -0.2) is 30.0 Å². The number of methoxy groups -OCH3 is 1. The molecule has 2 aromatic rings. The van der Waals surface area contributed by atoms with Gasteiger partial charge in [-0.15, -0.1) is 0 Å². The van der Waals surface area contributed by atoms with Crippen molar-refractivity contribution in [3.63, 3.8) is 0 Å². The molecule has 0 aliphatic carbocycles. The average Bonchev–Trinajstić information content (AvgIpc) is 2.92. The second-order valence-electron chi connectivity index (χ2n) is 5.28. The van der Waals surface area contributed by atoms with Gasteiger partial charge in [-0.1, -0.05) is 13.8 Å². The zero-order valence-electron chi connectivity index (χ0n) is 13.0. The number of nitrogens with zero attached hydrogens (tertiary/aromatic N) is 2. The van der Waals surface area contributed by atoms with Crippen LogP contribution in [-0.2, 0) is 0 Å². The molecule has 0 saturated carbocycles. The number of nitrogens with one attached hydrogen (secondary N) is 1. The van der Waals surface area contributed by atoms with Crippen molar-refractivity contribution < 1.29 is 4.74 Å². The topological polar surface area (TPSA) is 65.1 Å². The van der Waals surface area contributed by atoms with Gasteiger partial charge in [0.05, 0.1) is 30.4 Å². The smallest absolute Gasteiger partial charge is 0.119 e. The van der Waals surface area contributed by atoms with Crippen molar-refractivity contribution >= 4 is 5.69 Å². The molecule has 1 aromatic carbocycles. The Bertz CT molecular complexity index is 560. The lowest BCUT2D eigenvalue weighted by Gasteiger charge is -2.14. The second kappa shape index (κ2) is 7.13. The highest BCUT2D eigenvalue weighted by atomic mass is 16.5. The Morgan fingerprint density at radius 1 is 1.29 bits per heavy atom. The van der Waals surface area contributed by atoms with Crippen molar-refractivity contribution in [2.24, 2.45) is 5.73 Å². The minimum absolute atomic E-state index is 0.370. The first-order chi connectivity index (χ1) is 10.2. The van der Waals surface area contributed by atoms with Crippen LogP contribution in [0.4, 0.5) is 5.69 Å². The molecule has 0 saturated heterocycles. The second-order valence-corrected chi connectivity index (χ2v) is 5.28. The lowest BCUT2D eigenvalue weighted by Crippen LogP contribution is -2.11. The SMILES string of the molecule is COc1ccc(-n2ncc(NCCCN)c2C(C)C)cc1. The number of hydrogen-bond acceptors (Lipinski definition) is 4. The molecule has 21 heavy (non-hydrogen) atoms. The monoisotopic (exact) mass is 288 g/mol. The van der Waals surface area contributed by atoms with E-state index in [0.717, 1.165) is 30.1 Å². The van der Waals surface area contributed by atoms with Gasteiger partial charge >= 0.3 is 0 Å². The standard InChI is InChI=1S/C16H24N4O/c1-12(2)16-15(18-10-4-9-17)11-19-20(16)13-5-7-14(21-3)8-6-13/h5-8,11-12,18H,4,9-10,17H2,1-3H3. The molecule has 5 nitrogen and oxygen atoms in total. The third-order valence-electron chi connectivity index (χ3n) is 3.37. The largest absolute Gasteiger partial charge is 0.497 e. The fourth-order valence-electron chi connectivity index (χ4n) is 2.30. The molecule has 0 radical (unpaired) electrons. The minimum atomic E-state index is 0.370. The fourth-order valence-corrected chi connectivity index (χ4v) is 2.30. The summed E-state index contributed by atoms with van der Waals surface area (Å²) >= 11 is 0. The molecule has 0 unspecified atom stereocenters. The third kappa shape index (κ3) is 3.55. The molecule has 0 spiro atoms. The summed E-state index contributed by atoms with van der Waals surface area (Å²) in [4.78, 5) is 0. The Morgan fingerprint density at radius 3 is 2.57 bits per heavy atom. The van der Waals surface area contributed by atoms with Gasteiger partial charge in [-0.2, -0.15) is 5.10 Å². The van der Waals surface area contributed by atoms with Crippen LogP contribution in [0.1, 0.15) is 31.9 Å². The first kappa shape index (κ1) is 15.4. The summed E-state index contributed by atoms with van der Waals surface area (Å²) < 4.78 is 7.18. The molecule has 5 heteroatoms. The number of nitrogens with two attached hydrogens (primary N) is 1. The van der Waals surface area contributed by atoms with E-state index in [1.807, 2.05) is 35.1 Å². The van der Waals surface area contributed by atoms with Crippen LogP contribution < -0.4 is 15.8 Å². The predicted octanol–water partition coefficient (Wildman–Crippen LogP) is 2.77. The first-order valence-corrected chi connectivity index (χ1v) is 7.33. The molecule has 0 fully saturated rings. The van der Waals surface area contributed by atoms with E-state index in [0.29, 0.717) is 12.5 Å². The number of hydrogen-bond donors (Lipinski definition) is 2. The van der Waals surface area contributed by atoms with Crippen LogP contribution in [0.5, 0.6) is 5.75 Å². The van der Waals surface area contributed by atoms with E-state index in [9.17, 15) is 0 Å². The number of benzene rings is 1. The van der Waals surface area contributed by atoms with E-state index < -0.39 is 0 Å². The van der Waals surface area contributed by atoms with Crippen LogP contribution in [0.3, 0.4) is 0 Å². The summed E-state index contributed by atoms with van der Waals surface area (Å²) in [5.41, 5.74) is 8.83. The van der Waals surface area contributed by atoms with Gasteiger partial charge in [-0.25, -0.2) is 4.68 Å². The van der Waals surface area contributed by atoms with Crippen molar-refractivity contribution in [1.82, 2.24) is 9.78 Å². The molecule has 0 amide bonds. The fraction of sp³-hybridized carbons (Fsp3) is 0.438. The summed E-state index contributed by atoms with van der Waals surface area (Å²) in [6.07, 6.45) is 2.83. The summed E-state index contributed by atoms with van der Waals surface area (Å²) in [6, 6.07) is 7.92. The summed E-state index contributed by atoms with van der Waals surface area (Å²) in [5, 5.41) is 7.94. The van der Waals surface area contributed by atoms with E-state index in [-0.39, 0.29) is 0 Å². The van der Waals surface area contributed by atoms with Gasteiger partial charge in [0.15, 0.2) is 0 Å². The van der Waals surface area contributed by atoms with Gasteiger partial charge in [0.25, 0.3) is 0 Å². The number of anilines is 1. The number of ether oxygens (including phenoxy) is 1. The van der Waals surface area contributed by atoms with E-state index in [1.54, 1.807) is 7.11 Å². The third-order valence-corrected chi connectivity index (χ3v) is 3.37. The molecule has 0 aliphatic rings. The summed E-state index contributed by atoms with van der Waals surface area (Å²) in [6.45, 7) is 5.90. The van der Waals surface area contributed by atoms with Gasteiger partial charge < -0.3 is 15.8 Å². The van der Waals surface area contributed by atoms with Crippen molar-refractivity contribution in [2.75, 3.05) is 25.5 Å². The van der Waals surface area contributed by atoms with Crippen molar-refractivity contribution in [1.29, 1.82) is 0 Å². The molecule has 2 rings (SSSR count). The van der Waals surface area contributed by atoms with Gasteiger partial charge in [0.1, 0.15) is 5.75 Å². The Kier molecular flexibility index (Phi) is 5.22. The molecule has 1 aromatic heterocycles. The van der Waals surface area contributed by atoms with Crippen LogP contribution in [0.25, 0.3) is 5.69 Å². The van der Waals surface area contributed by atoms with Crippen LogP contribution in [0.15, 0.2) is 30.5 Å². The van der Waals surface area contributed by atoms with E-state index in [2.05, 4.69) is 24.3 Å². The highest BCUT2D eigenvalue weighted by molar-refractivity contribution is 5.52. The molecule has 3 N–H and O–H groups in total. The van der Waals surface area contributed by atoms with Gasteiger partial charge in [0, 0.05) is 6.54 Å². The van der Waals surface area contributed by atoms with E-state index in [1.165, 1.54) is 5.69 Å². The Labute approximate surface area is 126 Å². The quantitative estimate of drug-likeness (QED) is 0.769. The molecule has 0 atom stereocenters. The van der Waals surface area contributed by atoms with Crippen molar-refractivity contribution in [2.45, 2.75) is 26.2 Å². The molecule has 114 valence electrons. The summed E-state index contributed by atoms with van der Waals surface area (Å²) in [7, 11) is 1.67. The average molecular weight is 288 g/mol. The zero-order valence-corrected chi connectivity index (χ0v) is 13.0. The Morgan fingerprint density at radius 2 is 2.00 bits per heavy atom. The predicted molar refractivity (Wildman–Crippen MR) is 86.4 cm³/mol. The Balaban J connectivity index is 2.29. The molecule has 0 bridgehead atoms. The highest BCUT2D eigenvalue weighted by Crippen LogP contribution is 2.27. The van der Waals surface area contributed by atoms with Gasteiger partial charge in [-0.3, -0.25) is 0 Å². The maximum atomic E-state index is 5.54. The molecule has 1 heterocycles. The number of rotatable bonds is 7. The minimum Gasteiger partial charge on any atom is -0.497 e. The number of aromatic nitrogens is 2. The molecular weight excluding hydrogens is 264 g/mol. The van der Waals surface area contributed by atoms with E-state index >= 15 is 0 Å². The first-order valence-electron chi connectivity index (χ1n) is 7.33. The maximum Gasteiger partial charge on any atom is 0.119 e. The van der Waals surface area contributed by atoms with Gasteiger partial charge in [0.2, 0.25) is 0 Å². The van der Waals surface area contributed by atoms with Crippen molar-refractivity contribution in [3.05, 3.63) is 36.2 Å². The van der Waals surface area contributed by atoms with Crippen LogP contribution in [0.2, 0.25) is 0 Å². The summed E-state index contributed by atoms with van der Waals surface area (Å²) in [5.74, 6) is 1.22. The lowest BCUT2D eigenvalue weighted by atomic mass is 10.1. The maximum absolute atomic E-state index is 5.54. The molecular formula is C16H24N4O. The van der Waals surface area contributed by atoms with Crippen LogP contribution >= 0.6 is 0 Å². The zero-order chi connectivity index (χ0) is 15.2. The lowest BCUT2D eigenvalue weighted by molar-refractivity contribution is 0.414. The van der Waals surface area contributed by atoms with Gasteiger partial charge in [-0.05, 0) is 43.1 Å². The Hall–Kier alpha value is -2.01. The van der Waals surface area contributed by atoms with Crippen molar-refractivity contribution in [3.8, 4) is 11.4 Å². The van der Waals surface area contributed by atoms with E-state index in [4.69, 9.17) is 10.5 Å². The molecule has 0 aliphatic heterocycles. The normalized spacial score (nSPS) is 10.9. The van der Waals surface area contributed by atoms with Crippen LogP contribution in [0, 0.1) is 0 Å².